The van der Waals surface area contributed by atoms with E-state index in [9.17, 15) is 13.2 Å². The summed E-state index contributed by atoms with van der Waals surface area (Å²) in [4.78, 5) is 0. The maximum Gasteiger partial charge on any atom is 0.194 e. The van der Waals surface area contributed by atoms with Crippen LogP contribution in [0, 0.1) is 17.5 Å². The number of halogens is 4. The molecule has 14 heavy (non-hydrogen) atoms. The molecule has 0 aliphatic carbocycles. The van der Waals surface area contributed by atoms with Gasteiger partial charge >= 0.3 is 0 Å². The molecule has 0 radical (unpaired) electrons. The third kappa shape index (κ3) is 2.62. The molecule has 0 saturated carbocycles. The van der Waals surface area contributed by atoms with Crippen molar-refractivity contribution in [1.29, 1.82) is 0 Å². The van der Waals surface area contributed by atoms with Crippen LogP contribution in [0.3, 0.4) is 0 Å². The second-order valence-corrected chi connectivity index (χ2v) is 2.81. The van der Waals surface area contributed by atoms with E-state index in [1.807, 2.05) is 0 Å². The van der Waals surface area contributed by atoms with Gasteiger partial charge < -0.3 is 5.73 Å². The largest absolute Gasteiger partial charge is 0.324 e. The highest BCUT2D eigenvalue weighted by Gasteiger charge is 2.13. The molecule has 0 aliphatic rings. The fourth-order valence-electron chi connectivity index (χ4n) is 1.02. The normalized spacial score (nSPS) is 12.1. The molecule has 1 rings (SSSR count). The predicted molar refractivity (Wildman–Crippen MR) is 50.8 cm³/mol. The van der Waals surface area contributed by atoms with Crippen LogP contribution in [0.2, 0.25) is 0 Å². The van der Waals surface area contributed by atoms with Gasteiger partial charge in [0.05, 0.1) is 0 Å². The molecule has 0 spiro atoms. The Morgan fingerprint density at radius 1 is 1.21 bits per heavy atom. The quantitative estimate of drug-likeness (QED) is 0.770. The van der Waals surface area contributed by atoms with Crippen molar-refractivity contribution in [2.75, 3.05) is 0 Å². The van der Waals surface area contributed by atoms with Crippen LogP contribution in [0.4, 0.5) is 13.2 Å². The summed E-state index contributed by atoms with van der Waals surface area (Å²) in [6.07, 6.45) is 0.546. The molecule has 1 aromatic carbocycles. The van der Waals surface area contributed by atoms with Crippen LogP contribution in [-0.4, -0.2) is 0 Å². The van der Waals surface area contributed by atoms with Gasteiger partial charge in [-0.05, 0) is 24.1 Å². The van der Waals surface area contributed by atoms with Crippen molar-refractivity contribution >= 4 is 12.4 Å². The van der Waals surface area contributed by atoms with Gasteiger partial charge in [0.1, 0.15) is 0 Å². The van der Waals surface area contributed by atoms with Crippen LogP contribution in [0.1, 0.15) is 24.9 Å². The molecule has 0 fully saturated rings. The van der Waals surface area contributed by atoms with Crippen molar-refractivity contribution in [2.24, 2.45) is 5.73 Å². The maximum absolute atomic E-state index is 12.7. The summed E-state index contributed by atoms with van der Waals surface area (Å²) in [6.45, 7) is 1.78. The van der Waals surface area contributed by atoms with Crippen molar-refractivity contribution in [3.63, 3.8) is 0 Å². The van der Waals surface area contributed by atoms with Crippen molar-refractivity contribution in [1.82, 2.24) is 0 Å². The van der Waals surface area contributed by atoms with E-state index in [0.717, 1.165) is 12.1 Å². The zero-order valence-electron chi connectivity index (χ0n) is 7.56. The average Bonchev–Trinajstić information content (AvgIpc) is 2.12. The lowest BCUT2D eigenvalue weighted by Crippen LogP contribution is -2.10. The zero-order chi connectivity index (χ0) is 10.0. The molecule has 0 aromatic heterocycles. The third-order valence-electron chi connectivity index (χ3n) is 1.87. The van der Waals surface area contributed by atoms with Gasteiger partial charge in [-0.3, -0.25) is 0 Å². The van der Waals surface area contributed by atoms with E-state index in [0.29, 0.717) is 6.42 Å². The molecule has 5 heteroatoms. The van der Waals surface area contributed by atoms with Gasteiger partial charge in [0.2, 0.25) is 0 Å². The summed E-state index contributed by atoms with van der Waals surface area (Å²) >= 11 is 0. The van der Waals surface area contributed by atoms with Crippen molar-refractivity contribution in [3.05, 3.63) is 35.1 Å². The first-order chi connectivity index (χ1) is 6.06. The first kappa shape index (κ1) is 13.3. The van der Waals surface area contributed by atoms with Crippen LogP contribution in [0.25, 0.3) is 0 Å². The Labute approximate surface area is 86.5 Å². The van der Waals surface area contributed by atoms with Crippen LogP contribution >= 0.6 is 12.4 Å². The Morgan fingerprint density at radius 2 is 1.64 bits per heavy atom. The smallest absolute Gasteiger partial charge is 0.194 e. The van der Waals surface area contributed by atoms with Gasteiger partial charge in [-0.25, -0.2) is 13.2 Å². The number of benzene rings is 1. The van der Waals surface area contributed by atoms with E-state index in [1.54, 1.807) is 6.92 Å². The average molecular weight is 226 g/mol. The molecule has 0 saturated heterocycles. The van der Waals surface area contributed by atoms with Crippen LogP contribution in [0.5, 0.6) is 0 Å². The summed E-state index contributed by atoms with van der Waals surface area (Å²) in [5, 5.41) is 0. The minimum Gasteiger partial charge on any atom is -0.324 e. The first-order valence-corrected chi connectivity index (χ1v) is 3.96. The van der Waals surface area contributed by atoms with Crippen LogP contribution in [-0.2, 0) is 0 Å². The van der Waals surface area contributed by atoms with Crippen molar-refractivity contribution < 1.29 is 13.2 Å². The highest BCUT2D eigenvalue weighted by Crippen LogP contribution is 2.19. The molecule has 0 aliphatic heterocycles. The molecule has 0 heterocycles. The summed E-state index contributed by atoms with van der Waals surface area (Å²) in [6, 6.07) is 1.39. The Bertz CT molecular complexity index is 294. The molecular formula is C9H11ClF3N. The first-order valence-electron chi connectivity index (χ1n) is 3.96. The Balaban J connectivity index is 0.00000169. The predicted octanol–water partition coefficient (Wildman–Crippen LogP) is 2.94. The lowest BCUT2D eigenvalue weighted by atomic mass is 10.1. The molecule has 0 unspecified atom stereocenters. The van der Waals surface area contributed by atoms with Gasteiger partial charge in [-0.2, -0.15) is 0 Å². The summed E-state index contributed by atoms with van der Waals surface area (Å²) in [5.41, 5.74) is 5.80. The Morgan fingerprint density at radius 3 is 2.00 bits per heavy atom. The second-order valence-electron chi connectivity index (χ2n) is 2.81. The van der Waals surface area contributed by atoms with Crippen molar-refractivity contribution in [2.45, 2.75) is 19.4 Å². The lowest BCUT2D eigenvalue weighted by Gasteiger charge is -2.09. The highest BCUT2D eigenvalue weighted by atomic mass is 35.5. The molecule has 1 aromatic rings. The van der Waals surface area contributed by atoms with E-state index >= 15 is 0 Å². The van der Waals surface area contributed by atoms with Gasteiger partial charge in [0, 0.05) is 6.04 Å². The summed E-state index contributed by atoms with van der Waals surface area (Å²) < 4.78 is 37.8. The molecule has 0 amide bonds. The summed E-state index contributed by atoms with van der Waals surface area (Å²) in [7, 11) is 0. The Hall–Kier alpha value is -0.740. The van der Waals surface area contributed by atoms with Crippen molar-refractivity contribution in [3.8, 4) is 0 Å². The maximum atomic E-state index is 12.7. The van der Waals surface area contributed by atoms with Gasteiger partial charge in [-0.1, -0.05) is 6.92 Å². The van der Waals surface area contributed by atoms with Gasteiger partial charge in [-0.15, -0.1) is 12.4 Å². The lowest BCUT2D eigenvalue weighted by molar-refractivity contribution is 0.443. The van der Waals surface area contributed by atoms with E-state index in [-0.39, 0.29) is 18.0 Å². The molecular weight excluding hydrogens is 215 g/mol. The second kappa shape index (κ2) is 5.22. The molecule has 80 valence electrons. The number of rotatable bonds is 2. The van der Waals surface area contributed by atoms with Gasteiger partial charge in [0.15, 0.2) is 17.5 Å². The fraction of sp³-hybridized carbons (Fsp3) is 0.333. The number of hydrogen-bond acceptors (Lipinski definition) is 1. The van der Waals surface area contributed by atoms with E-state index in [2.05, 4.69) is 0 Å². The zero-order valence-corrected chi connectivity index (χ0v) is 8.38. The number of hydrogen-bond donors (Lipinski definition) is 1. The van der Waals surface area contributed by atoms with E-state index in [4.69, 9.17) is 5.73 Å². The SMILES string of the molecule is CC[C@@H](N)c1cc(F)c(F)c(F)c1.Cl. The topological polar surface area (TPSA) is 26.0 Å². The highest BCUT2D eigenvalue weighted by molar-refractivity contribution is 5.85. The number of nitrogens with two attached hydrogens (primary N) is 1. The standard InChI is InChI=1S/C9H10F3N.ClH/c1-2-8(13)5-3-6(10)9(12)7(11)4-5;/h3-4,8H,2,13H2,1H3;1H/t8-;/m1./s1. The minimum absolute atomic E-state index is 0. The monoisotopic (exact) mass is 225 g/mol. The molecule has 2 N–H and O–H groups in total. The van der Waals surface area contributed by atoms with E-state index < -0.39 is 23.5 Å². The molecule has 0 bridgehead atoms. The van der Waals surface area contributed by atoms with Crippen LogP contribution in [0.15, 0.2) is 12.1 Å². The van der Waals surface area contributed by atoms with Crippen LogP contribution < -0.4 is 5.73 Å². The minimum atomic E-state index is -1.45. The van der Waals surface area contributed by atoms with Gasteiger partial charge in [0.25, 0.3) is 0 Å². The van der Waals surface area contributed by atoms with E-state index in [1.165, 1.54) is 0 Å². The fourth-order valence-corrected chi connectivity index (χ4v) is 1.02. The summed E-state index contributed by atoms with van der Waals surface area (Å²) in [5.74, 6) is -3.84. The Kier molecular flexibility index (Phi) is 4.94. The third-order valence-corrected chi connectivity index (χ3v) is 1.87. The molecule has 1 nitrogen and oxygen atoms in total. The molecule has 1 atom stereocenters.